The fourth-order valence-electron chi connectivity index (χ4n) is 2.44. The highest BCUT2D eigenvalue weighted by atomic mass is 16.4. The predicted molar refractivity (Wildman–Crippen MR) is 98.9 cm³/mol. The van der Waals surface area contributed by atoms with Gasteiger partial charge in [0.05, 0.1) is 12.7 Å². The highest BCUT2D eigenvalue weighted by molar-refractivity contribution is 5.79. The Balaban J connectivity index is 1.88. The van der Waals surface area contributed by atoms with Crippen molar-refractivity contribution in [1.29, 1.82) is 0 Å². The Kier molecular flexibility index (Phi) is 6.85. The van der Waals surface area contributed by atoms with Crippen LogP contribution in [0.3, 0.4) is 0 Å². The Labute approximate surface area is 144 Å². The molecule has 1 aromatic carbocycles. The van der Waals surface area contributed by atoms with Gasteiger partial charge in [0.15, 0.2) is 11.7 Å². The molecule has 24 heavy (non-hydrogen) atoms. The minimum atomic E-state index is 0.508. The van der Waals surface area contributed by atoms with Crippen molar-refractivity contribution in [1.82, 2.24) is 15.6 Å². The van der Waals surface area contributed by atoms with Crippen molar-refractivity contribution < 1.29 is 4.42 Å². The zero-order valence-electron chi connectivity index (χ0n) is 15.1. The molecular weight excluding hydrogens is 300 g/mol. The van der Waals surface area contributed by atoms with Gasteiger partial charge in [-0.25, -0.2) is 4.98 Å². The summed E-state index contributed by atoms with van der Waals surface area (Å²) in [5.74, 6) is 2.87. The minimum absolute atomic E-state index is 0.508. The standard InChI is InChI=1S/C19H28N4O/c1-5-15(6-2)11-22-19(20-4)23-13-18-21-12-17(24-18)16-9-7-14(3)8-10-16/h7-10,12,15H,5-6,11,13H2,1-4H3,(H2,20,22,23). The number of aryl methyl sites for hydroxylation is 1. The monoisotopic (exact) mass is 328 g/mol. The van der Waals surface area contributed by atoms with Crippen molar-refractivity contribution in [3.63, 3.8) is 0 Å². The molecule has 0 amide bonds. The Bertz CT molecular complexity index is 642. The van der Waals surface area contributed by atoms with Crippen LogP contribution >= 0.6 is 0 Å². The molecule has 0 bridgehead atoms. The molecule has 0 spiro atoms. The van der Waals surface area contributed by atoms with E-state index in [9.17, 15) is 0 Å². The molecule has 0 fully saturated rings. The zero-order valence-corrected chi connectivity index (χ0v) is 15.1. The maximum atomic E-state index is 5.82. The molecule has 0 unspecified atom stereocenters. The number of rotatable bonds is 7. The van der Waals surface area contributed by atoms with Crippen LogP contribution in [0, 0.1) is 12.8 Å². The number of aromatic nitrogens is 1. The van der Waals surface area contributed by atoms with E-state index in [1.807, 2.05) is 12.1 Å². The van der Waals surface area contributed by atoms with Gasteiger partial charge in [0.2, 0.25) is 5.89 Å². The van der Waals surface area contributed by atoms with Gasteiger partial charge < -0.3 is 15.1 Å². The van der Waals surface area contributed by atoms with Gasteiger partial charge in [-0.15, -0.1) is 0 Å². The largest absolute Gasteiger partial charge is 0.439 e. The average molecular weight is 328 g/mol. The van der Waals surface area contributed by atoms with Crippen LogP contribution in [0.4, 0.5) is 0 Å². The summed E-state index contributed by atoms with van der Waals surface area (Å²) in [6, 6.07) is 8.23. The van der Waals surface area contributed by atoms with Gasteiger partial charge in [0.1, 0.15) is 0 Å². The second kappa shape index (κ2) is 9.11. The van der Waals surface area contributed by atoms with E-state index in [4.69, 9.17) is 4.42 Å². The van der Waals surface area contributed by atoms with Crippen molar-refractivity contribution in [2.45, 2.75) is 40.2 Å². The number of hydrogen-bond acceptors (Lipinski definition) is 3. The lowest BCUT2D eigenvalue weighted by Gasteiger charge is -2.16. The lowest BCUT2D eigenvalue weighted by molar-refractivity contribution is 0.475. The van der Waals surface area contributed by atoms with Gasteiger partial charge in [0, 0.05) is 19.2 Å². The molecule has 0 aliphatic rings. The van der Waals surface area contributed by atoms with Crippen LogP contribution in [0.25, 0.3) is 11.3 Å². The predicted octanol–water partition coefficient (Wildman–Crippen LogP) is 3.75. The first-order chi connectivity index (χ1) is 11.7. The molecule has 130 valence electrons. The van der Waals surface area contributed by atoms with Gasteiger partial charge in [-0.2, -0.15) is 0 Å². The van der Waals surface area contributed by atoms with E-state index in [-0.39, 0.29) is 0 Å². The summed E-state index contributed by atoms with van der Waals surface area (Å²) in [4.78, 5) is 8.58. The van der Waals surface area contributed by atoms with Crippen molar-refractivity contribution in [2.75, 3.05) is 13.6 Å². The molecule has 2 aromatic rings. The third-order valence-corrected chi connectivity index (χ3v) is 4.23. The van der Waals surface area contributed by atoms with Crippen LogP contribution in [-0.4, -0.2) is 24.5 Å². The molecule has 2 N–H and O–H groups in total. The Morgan fingerprint density at radius 1 is 1.17 bits per heavy atom. The zero-order chi connectivity index (χ0) is 17.4. The number of hydrogen-bond donors (Lipinski definition) is 2. The number of nitrogens with one attached hydrogen (secondary N) is 2. The van der Waals surface area contributed by atoms with Gasteiger partial charge in [-0.3, -0.25) is 4.99 Å². The number of benzene rings is 1. The Hall–Kier alpha value is -2.30. The first-order valence-electron chi connectivity index (χ1n) is 8.62. The molecule has 1 heterocycles. The van der Waals surface area contributed by atoms with Crippen LogP contribution in [0.15, 0.2) is 39.9 Å². The number of nitrogens with zero attached hydrogens (tertiary/aromatic N) is 2. The minimum Gasteiger partial charge on any atom is -0.439 e. The lowest BCUT2D eigenvalue weighted by Crippen LogP contribution is -2.39. The molecular formula is C19H28N4O. The molecule has 2 rings (SSSR count). The number of guanidine groups is 1. The lowest BCUT2D eigenvalue weighted by atomic mass is 10.0. The van der Waals surface area contributed by atoms with Crippen LogP contribution in [0.5, 0.6) is 0 Å². The summed E-state index contributed by atoms with van der Waals surface area (Å²) < 4.78 is 5.82. The quantitative estimate of drug-likeness (QED) is 0.600. The van der Waals surface area contributed by atoms with Crippen molar-refractivity contribution in [2.24, 2.45) is 10.9 Å². The molecule has 1 aromatic heterocycles. The number of aliphatic imine (C=N–C) groups is 1. The molecule has 0 aliphatic carbocycles. The molecule has 5 heteroatoms. The normalized spacial score (nSPS) is 11.8. The fraction of sp³-hybridized carbons (Fsp3) is 0.474. The highest BCUT2D eigenvalue weighted by Crippen LogP contribution is 2.20. The van der Waals surface area contributed by atoms with Gasteiger partial charge in [-0.05, 0) is 12.8 Å². The van der Waals surface area contributed by atoms with Crippen LogP contribution in [-0.2, 0) is 6.54 Å². The first-order valence-corrected chi connectivity index (χ1v) is 8.62. The molecule has 0 atom stereocenters. The van der Waals surface area contributed by atoms with Crippen LogP contribution in [0.1, 0.15) is 38.1 Å². The van der Waals surface area contributed by atoms with Crippen LogP contribution < -0.4 is 10.6 Å². The van der Waals surface area contributed by atoms with Crippen molar-refractivity contribution in [3.05, 3.63) is 41.9 Å². The van der Waals surface area contributed by atoms with E-state index < -0.39 is 0 Å². The van der Waals surface area contributed by atoms with E-state index in [0.717, 1.165) is 23.8 Å². The maximum Gasteiger partial charge on any atom is 0.214 e. The van der Waals surface area contributed by atoms with Gasteiger partial charge >= 0.3 is 0 Å². The second-order valence-corrected chi connectivity index (χ2v) is 5.97. The van der Waals surface area contributed by atoms with Gasteiger partial charge in [0.25, 0.3) is 0 Å². The second-order valence-electron chi connectivity index (χ2n) is 5.97. The topological polar surface area (TPSA) is 62.5 Å². The van der Waals surface area contributed by atoms with Gasteiger partial charge in [-0.1, -0.05) is 56.5 Å². The summed E-state index contributed by atoms with van der Waals surface area (Å²) in [5.41, 5.74) is 2.27. The van der Waals surface area contributed by atoms with E-state index in [1.54, 1.807) is 13.2 Å². The molecule has 0 aliphatic heterocycles. The summed E-state index contributed by atoms with van der Waals surface area (Å²) in [7, 11) is 1.77. The summed E-state index contributed by atoms with van der Waals surface area (Å²) in [6.07, 6.45) is 4.10. The summed E-state index contributed by atoms with van der Waals surface area (Å²) in [6.45, 7) is 7.93. The van der Waals surface area contributed by atoms with E-state index in [0.29, 0.717) is 18.4 Å². The van der Waals surface area contributed by atoms with E-state index in [1.165, 1.54) is 18.4 Å². The summed E-state index contributed by atoms with van der Waals surface area (Å²) in [5, 5.41) is 6.60. The van der Waals surface area contributed by atoms with Crippen molar-refractivity contribution in [3.8, 4) is 11.3 Å². The maximum absolute atomic E-state index is 5.82. The Morgan fingerprint density at radius 3 is 2.50 bits per heavy atom. The molecule has 0 saturated carbocycles. The SMILES string of the molecule is CCC(CC)CNC(=NC)NCc1ncc(-c2ccc(C)cc2)o1. The molecule has 0 radical (unpaired) electrons. The Morgan fingerprint density at radius 2 is 1.88 bits per heavy atom. The van der Waals surface area contributed by atoms with E-state index >= 15 is 0 Å². The molecule has 0 saturated heterocycles. The van der Waals surface area contributed by atoms with E-state index in [2.05, 4.69) is 53.5 Å². The third-order valence-electron chi connectivity index (χ3n) is 4.23. The smallest absolute Gasteiger partial charge is 0.214 e. The third kappa shape index (κ3) is 5.11. The average Bonchev–Trinajstić information content (AvgIpc) is 3.08. The van der Waals surface area contributed by atoms with Crippen LogP contribution in [0.2, 0.25) is 0 Å². The first kappa shape index (κ1) is 18.0. The summed E-state index contributed by atoms with van der Waals surface area (Å²) >= 11 is 0. The fourth-order valence-corrected chi connectivity index (χ4v) is 2.44. The van der Waals surface area contributed by atoms with Crippen molar-refractivity contribution >= 4 is 5.96 Å². The highest BCUT2D eigenvalue weighted by Gasteiger charge is 2.08. The molecule has 5 nitrogen and oxygen atoms in total. The number of oxazole rings is 1.